The number of carbonyl (C=O) groups is 2. The second kappa shape index (κ2) is 12.3. The molecule has 0 fully saturated rings. The molecule has 1 N–H and O–H groups in total. The van der Waals surface area contributed by atoms with Crippen LogP contribution in [0.25, 0.3) is 0 Å². The molecule has 0 saturated carbocycles. The number of anilines is 1. The van der Waals surface area contributed by atoms with Gasteiger partial charge in [0.2, 0.25) is 11.8 Å². The Morgan fingerprint density at radius 1 is 0.973 bits per heavy atom. The van der Waals surface area contributed by atoms with Crippen LogP contribution in [-0.4, -0.2) is 44.8 Å². The first-order chi connectivity index (χ1) is 17.4. The SMILES string of the molecule is CNC(=O)C(C)N(Cc1ccc(Br)cc1)C(=O)CN(c1ccc(Cl)c(Cl)c1)S(=O)(=O)c1ccc(C)cc1. The molecular weight excluding hydrogens is 601 g/mol. The Labute approximate surface area is 235 Å². The fourth-order valence-electron chi connectivity index (χ4n) is 3.58. The molecule has 11 heteroatoms. The van der Waals surface area contributed by atoms with Crippen LogP contribution in [0.2, 0.25) is 10.0 Å². The van der Waals surface area contributed by atoms with Crippen LogP contribution in [0.15, 0.2) is 76.1 Å². The number of hydrogen-bond acceptors (Lipinski definition) is 4. The maximum Gasteiger partial charge on any atom is 0.264 e. The Hall–Kier alpha value is -2.59. The molecule has 0 aliphatic heterocycles. The highest BCUT2D eigenvalue weighted by molar-refractivity contribution is 9.10. The van der Waals surface area contributed by atoms with E-state index in [0.717, 1.165) is 19.9 Å². The fraction of sp³-hybridized carbons (Fsp3) is 0.231. The van der Waals surface area contributed by atoms with Crippen molar-refractivity contribution >= 4 is 66.7 Å². The maximum atomic E-state index is 13.7. The monoisotopic (exact) mass is 625 g/mol. The summed E-state index contributed by atoms with van der Waals surface area (Å²) in [5.41, 5.74) is 1.82. The van der Waals surface area contributed by atoms with E-state index in [4.69, 9.17) is 23.2 Å². The van der Waals surface area contributed by atoms with Crippen LogP contribution in [0.4, 0.5) is 5.69 Å². The van der Waals surface area contributed by atoms with Gasteiger partial charge < -0.3 is 10.2 Å². The van der Waals surface area contributed by atoms with E-state index >= 15 is 0 Å². The lowest BCUT2D eigenvalue weighted by molar-refractivity contribution is -0.139. The van der Waals surface area contributed by atoms with Crippen molar-refractivity contribution in [3.05, 3.63) is 92.4 Å². The Bertz CT molecular complexity index is 1380. The van der Waals surface area contributed by atoms with Gasteiger partial charge >= 0.3 is 0 Å². The average Bonchev–Trinajstić information content (AvgIpc) is 2.87. The summed E-state index contributed by atoms with van der Waals surface area (Å²) in [6.45, 7) is 2.97. The standard InChI is InChI=1S/C26H26BrCl2N3O4S/c1-17-4-11-22(12-5-17)37(35,36)32(21-10-13-23(28)24(29)14-21)16-25(33)31(18(2)26(34)30-3)15-19-6-8-20(27)9-7-19/h4-14,18H,15-16H2,1-3H3,(H,30,34). The topological polar surface area (TPSA) is 86.8 Å². The molecule has 37 heavy (non-hydrogen) atoms. The summed E-state index contributed by atoms with van der Waals surface area (Å²) in [6, 6.07) is 17.1. The Kier molecular flexibility index (Phi) is 9.63. The molecule has 0 aromatic heterocycles. The summed E-state index contributed by atoms with van der Waals surface area (Å²) >= 11 is 15.6. The lowest BCUT2D eigenvalue weighted by Gasteiger charge is -2.32. The minimum Gasteiger partial charge on any atom is -0.357 e. The fourth-order valence-corrected chi connectivity index (χ4v) is 5.55. The number of likely N-dealkylation sites (N-methyl/N-ethyl adjacent to an activating group) is 1. The van der Waals surface area contributed by atoms with Gasteiger partial charge in [0.05, 0.1) is 20.6 Å². The van der Waals surface area contributed by atoms with Crippen molar-refractivity contribution in [2.75, 3.05) is 17.9 Å². The van der Waals surface area contributed by atoms with Gasteiger partial charge in [-0.2, -0.15) is 0 Å². The van der Waals surface area contributed by atoms with E-state index in [0.29, 0.717) is 0 Å². The summed E-state index contributed by atoms with van der Waals surface area (Å²) < 4.78 is 29.3. The number of nitrogens with zero attached hydrogens (tertiary/aromatic N) is 2. The average molecular weight is 627 g/mol. The summed E-state index contributed by atoms with van der Waals surface area (Å²) in [6.07, 6.45) is 0. The molecule has 3 rings (SSSR count). The largest absolute Gasteiger partial charge is 0.357 e. The number of carbonyl (C=O) groups excluding carboxylic acids is 2. The van der Waals surface area contributed by atoms with Gasteiger partial charge in [-0.1, -0.05) is 69.0 Å². The van der Waals surface area contributed by atoms with Crippen LogP contribution in [0.3, 0.4) is 0 Å². The third kappa shape index (κ3) is 7.04. The number of benzene rings is 3. The van der Waals surface area contributed by atoms with E-state index in [1.807, 2.05) is 31.2 Å². The zero-order valence-corrected chi connectivity index (χ0v) is 24.3. The van der Waals surface area contributed by atoms with E-state index in [1.54, 1.807) is 19.1 Å². The number of rotatable bonds is 9. The lowest BCUT2D eigenvalue weighted by atomic mass is 10.1. The highest BCUT2D eigenvalue weighted by atomic mass is 79.9. The molecule has 3 aromatic carbocycles. The summed E-state index contributed by atoms with van der Waals surface area (Å²) in [7, 11) is -2.70. The summed E-state index contributed by atoms with van der Waals surface area (Å²) in [5, 5.41) is 2.94. The van der Waals surface area contributed by atoms with Crippen molar-refractivity contribution in [2.45, 2.75) is 31.3 Å². The van der Waals surface area contributed by atoms with Crippen LogP contribution in [0.1, 0.15) is 18.1 Å². The highest BCUT2D eigenvalue weighted by Crippen LogP contribution is 2.31. The van der Waals surface area contributed by atoms with Gasteiger partial charge in [-0.3, -0.25) is 13.9 Å². The smallest absolute Gasteiger partial charge is 0.264 e. The molecule has 196 valence electrons. The molecule has 0 spiro atoms. The van der Waals surface area contributed by atoms with Crippen molar-refractivity contribution in [2.24, 2.45) is 0 Å². The molecule has 0 heterocycles. The van der Waals surface area contributed by atoms with Crippen molar-refractivity contribution in [3.63, 3.8) is 0 Å². The third-order valence-corrected chi connectivity index (χ3v) is 8.81. The van der Waals surface area contributed by atoms with Crippen molar-refractivity contribution < 1.29 is 18.0 Å². The lowest BCUT2D eigenvalue weighted by Crippen LogP contribution is -2.50. The number of aryl methyl sites for hydroxylation is 1. The maximum absolute atomic E-state index is 13.7. The van der Waals surface area contributed by atoms with Gasteiger partial charge in [-0.25, -0.2) is 8.42 Å². The number of amides is 2. The van der Waals surface area contributed by atoms with E-state index in [9.17, 15) is 18.0 Å². The molecular formula is C26H26BrCl2N3O4S. The molecule has 0 aliphatic carbocycles. The Morgan fingerprint density at radius 3 is 2.16 bits per heavy atom. The second-order valence-electron chi connectivity index (χ2n) is 8.36. The quantitative estimate of drug-likeness (QED) is 0.344. The van der Waals surface area contributed by atoms with Gasteiger partial charge in [0.25, 0.3) is 10.0 Å². The van der Waals surface area contributed by atoms with Crippen LogP contribution in [0.5, 0.6) is 0 Å². The third-order valence-electron chi connectivity index (χ3n) is 5.76. The van der Waals surface area contributed by atoms with E-state index in [2.05, 4.69) is 21.2 Å². The predicted octanol–water partition coefficient (Wildman–Crippen LogP) is 5.42. The molecule has 0 saturated heterocycles. The molecule has 0 radical (unpaired) electrons. The van der Waals surface area contributed by atoms with Crippen LogP contribution in [0, 0.1) is 6.92 Å². The summed E-state index contributed by atoms with van der Waals surface area (Å²) in [4.78, 5) is 27.6. The van der Waals surface area contributed by atoms with E-state index < -0.39 is 28.5 Å². The predicted molar refractivity (Wildman–Crippen MR) is 150 cm³/mol. The number of hydrogen-bond donors (Lipinski definition) is 1. The molecule has 3 aromatic rings. The number of sulfonamides is 1. The molecule has 0 aliphatic rings. The second-order valence-corrected chi connectivity index (χ2v) is 12.0. The highest BCUT2D eigenvalue weighted by Gasteiger charge is 2.32. The number of halogens is 3. The minimum atomic E-state index is -4.18. The Morgan fingerprint density at radius 2 is 1.59 bits per heavy atom. The zero-order valence-electron chi connectivity index (χ0n) is 20.4. The van der Waals surface area contributed by atoms with Gasteiger partial charge in [0, 0.05) is 18.1 Å². The first-order valence-corrected chi connectivity index (χ1v) is 14.2. The Balaban J connectivity index is 2.05. The molecule has 1 unspecified atom stereocenters. The molecule has 2 amide bonds. The molecule has 7 nitrogen and oxygen atoms in total. The van der Waals surface area contributed by atoms with Crippen molar-refractivity contribution in [1.29, 1.82) is 0 Å². The van der Waals surface area contributed by atoms with Gasteiger partial charge in [0.1, 0.15) is 12.6 Å². The van der Waals surface area contributed by atoms with Crippen LogP contribution in [-0.2, 0) is 26.2 Å². The van der Waals surface area contributed by atoms with Crippen molar-refractivity contribution in [1.82, 2.24) is 10.2 Å². The first kappa shape index (κ1) is 29.0. The normalized spacial score (nSPS) is 12.1. The van der Waals surface area contributed by atoms with Crippen LogP contribution < -0.4 is 9.62 Å². The molecule has 0 bridgehead atoms. The van der Waals surface area contributed by atoms with Crippen molar-refractivity contribution in [3.8, 4) is 0 Å². The van der Waals surface area contributed by atoms with Gasteiger partial charge in [0.15, 0.2) is 0 Å². The molecule has 1 atom stereocenters. The first-order valence-electron chi connectivity index (χ1n) is 11.2. The van der Waals surface area contributed by atoms with E-state index in [-0.39, 0.29) is 33.1 Å². The summed E-state index contributed by atoms with van der Waals surface area (Å²) in [5.74, 6) is -0.950. The minimum absolute atomic E-state index is 0.00998. The van der Waals surface area contributed by atoms with Crippen LogP contribution >= 0.6 is 39.1 Å². The number of nitrogens with one attached hydrogen (secondary N) is 1. The zero-order chi connectivity index (χ0) is 27.3. The van der Waals surface area contributed by atoms with Gasteiger partial charge in [-0.05, 0) is 61.9 Å². The van der Waals surface area contributed by atoms with Gasteiger partial charge in [-0.15, -0.1) is 0 Å². The van der Waals surface area contributed by atoms with E-state index in [1.165, 1.54) is 42.3 Å².